The van der Waals surface area contributed by atoms with Gasteiger partial charge < -0.3 is 0 Å². The lowest BCUT2D eigenvalue weighted by molar-refractivity contribution is -0.181. The van der Waals surface area contributed by atoms with Crippen LogP contribution in [-0.4, -0.2) is 17.7 Å². The first-order valence-electron chi connectivity index (χ1n) is 3.85. The maximum atomic E-state index is 12.8. The highest BCUT2D eigenvalue weighted by molar-refractivity contribution is 6.22. The predicted molar refractivity (Wildman–Crippen MR) is 42.5 cm³/mol. The van der Waals surface area contributed by atoms with Crippen molar-refractivity contribution in [2.75, 3.05) is 0 Å². The molecule has 1 fully saturated rings. The number of rotatable bonds is 0. The fourth-order valence-electron chi connectivity index (χ4n) is 1.46. The number of halogens is 5. The number of alkyl halides is 5. The second-order valence-electron chi connectivity index (χ2n) is 3.25. The first-order valence-corrected chi connectivity index (χ1v) is 4.28. The summed E-state index contributed by atoms with van der Waals surface area (Å²) in [5, 5.41) is -1.17. The highest BCUT2D eigenvalue weighted by Gasteiger charge is 2.48. The van der Waals surface area contributed by atoms with Gasteiger partial charge >= 0.3 is 6.18 Å². The molecule has 0 N–H and O–H groups in total. The van der Waals surface area contributed by atoms with Crippen molar-refractivity contribution in [2.24, 2.45) is 5.92 Å². The average molecular weight is 217 g/mol. The molecule has 0 amide bonds. The van der Waals surface area contributed by atoms with Crippen molar-refractivity contribution in [3.8, 4) is 0 Å². The molecule has 0 saturated heterocycles. The average Bonchev–Trinajstić information content (AvgIpc) is 1.94. The van der Waals surface area contributed by atoms with Gasteiger partial charge in [-0.1, -0.05) is 12.2 Å². The number of hydrogen-bond acceptors (Lipinski definition) is 0. The van der Waals surface area contributed by atoms with Crippen LogP contribution < -0.4 is 0 Å². The van der Waals surface area contributed by atoms with E-state index in [1.807, 2.05) is 0 Å². The van der Waals surface area contributed by atoms with Crippen molar-refractivity contribution in [3.63, 3.8) is 0 Å². The van der Waals surface area contributed by atoms with Crippen molar-refractivity contribution >= 4 is 11.6 Å². The second kappa shape index (κ2) is 3.48. The van der Waals surface area contributed by atoms with Gasteiger partial charge in [-0.05, 0) is 6.42 Å². The van der Waals surface area contributed by atoms with E-state index >= 15 is 0 Å². The van der Waals surface area contributed by atoms with E-state index in [1.54, 1.807) is 0 Å². The van der Waals surface area contributed by atoms with Gasteiger partial charge in [-0.25, -0.2) is 4.39 Å². The minimum Gasteiger partial charge on any atom is -0.247 e. The van der Waals surface area contributed by atoms with Crippen LogP contribution >= 0.6 is 11.6 Å². The van der Waals surface area contributed by atoms with Gasteiger partial charge in [0, 0.05) is 6.42 Å². The molecule has 3 atom stereocenters. The molecule has 0 radical (unpaired) electrons. The minimum atomic E-state index is -4.43. The molecule has 1 aliphatic rings. The topological polar surface area (TPSA) is 0 Å². The van der Waals surface area contributed by atoms with Crippen LogP contribution in [0.5, 0.6) is 0 Å². The Labute approximate surface area is 78.6 Å². The molecule has 1 saturated carbocycles. The Morgan fingerprint density at radius 1 is 1.38 bits per heavy atom. The molecule has 1 aliphatic carbocycles. The van der Waals surface area contributed by atoms with E-state index in [9.17, 15) is 17.6 Å². The minimum absolute atomic E-state index is 0.0548. The molecule has 13 heavy (non-hydrogen) atoms. The molecule has 0 aliphatic heterocycles. The van der Waals surface area contributed by atoms with Gasteiger partial charge in [-0.15, -0.1) is 11.6 Å². The lowest BCUT2D eigenvalue weighted by Crippen LogP contribution is -2.38. The predicted octanol–water partition coefficient (Wildman–Crippen LogP) is 3.46. The molecular formula is C8H9ClF4. The maximum absolute atomic E-state index is 12.8. The van der Waals surface area contributed by atoms with Gasteiger partial charge in [-0.2, -0.15) is 13.2 Å². The van der Waals surface area contributed by atoms with Crippen molar-refractivity contribution in [3.05, 3.63) is 12.2 Å². The molecule has 3 unspecified atom stereocenters. The molecule has 0 aromatic rings. The zero-order chi connectivity index (χ0) is 10.2. The molecule has 0 nitrogen and oxygen atoms in total. The first kappa shape index (κ1) is 10.8. The van der Waals surface area contributed by atoms with E-state index in [0.29, 0.717) is 0 Å². The van der Waals surface area contributed by atoms with Crippen molar-refractivity contribution in [1.82, 2.24) is 0 Å². The van der Waals surface area contributed by atoms with E-state index in [-0.39, 0.29) is 12.0 Å². The number of allylic oxidation sites excluding steroid dienone is 1. The Hall–Kier alpha value is -0.250. The normalized spacial score (nSPS) is 36.4. The molecule has 76 valence electrons. The fraction of sp³-hybridized carbons (Fsp3) is 0.750. The lowest BCUT2D eigenvalue weighted by Gasteiger charge is -2.32. The number of hydrogen-bond donors (Lipinski definition) is 0. The van der Waals surface area contributed by atoms with Crippen molar-refractivity contribution in [1.29, 1.82) is 0 Å². The summed E-state index contributed by atoms with van der Waals surface area (Å²) < 4.78 is 49.5. The van der Waals surface area contributed by atoms with Crippen LogP contribution in [0.1, 0.15) is 12.8 Å². The first-order chi connectivity index (χ1) is 5.82. The summed E-state index contributed by atoms with van der Waals surface area (Å²) >= 11 is 5.50. The van der Waals surface area contributed by atoms with Gasteiger partial charge in [0.2, 0.25) is 0 Å². The third kappa shape index (κ3) is 2.36. The van der Waals surface area contributed by atoms with Crippen molar-refractivity contribution < 1.29 is 17.6 Å². The van der Waals surface area contributed by atoms with Gasteiger partial charge in [0.05, 0.1) is 11.3 Å². The Morgan fingerprint density at radius 3 is 2.38 bits per heavy atom. The summed E-state index contributed by atoms with van der Waals surface area (Å²) in [6.45, 7) is 3.34. The molecule has 0 heterocycles. The van der Waals surface area contributed by atoms with E-state index in [2.05, 4.69) is 6.58 Å². The van der Waals surface area contributed by atoms with E-state index in [1.165, 1.54) is 0 Å². The highest BCUT2D eigenvalue weighted by atomic mass is 35.5. The fourth-order valence-corrected chi connectivity index (χ4v) is 1.79. The Balaban J connectivity index is 2.78. The van der Waals surface area contributed by atoms with Crippen LogP contribution in [0.4, 0.5) is 17.6 Å². The zero-order valence-electron chi connectivity index (χ0n) is 6.74. The SMILES string of the molecule is C=C1CC(F)CC(C(F)(F)F)C1Cl. The Kier molecular flexibility index (Phi) is 2.90. The summed E-state index contributed by atoms with van der Waals surface area (Å²) in [4.78, 5) is 0. The summed E-state index contributed by atoms with van der Waals surface area (Å²) in [6, 6.07) is 0. The molecule has 0 spiro atoms. The van der Waals surface area contributed by atoms with Crippen LogP contribution in [0.25, 0.3) is 0 Å². The lowest BCUT2D eigenvalue weighted by atomic mass is 9.84. The monoisotopic (exact) mass is 216 g/mol. The molecule has 0 aromatic carbocycles. The summed E-state index contributed by atoms with van der Waals surface area (Å²) in [6.07, 6.45) is -6.49. The second-order valence-corrected chi connectivity index (χ2v) is 3.72. The third-order valence-corrected chi connectivity index (χ3v) is 2.77. The smallest absolute Gasteiger partial charge is 0.247 e. The van der Waals surface area contributed by atoms with Gasteiger partial charge in [-0.3, -0.25) is 0 Å². The van der Waals surface area contributed by atoms with Gasteiger partial charge in [0.15, 0.2) is 0 Å². The maximum Gasteiger partial charge on any atom is 0.393 e. The van der Waals surface area contributed by atoms with Crippen LogP contribution in [0.15, 0.2) is 12.2 Å². The van der Waals surface area contributed by atoms with Crippen LogP contribution in [-0.2, 0) is 0 Å². The summed E-state index contributed by atoms with van der Waals surface area (Å²) in [5.74, 6) is -1.79. The van der Waals surface area contributed by atoms with E-state index in [0.717, 1.165) is 0 Å². The van der Waals surface area contributed by atoms with Crippen LogP contribution in [0, 0.1) is 5.92 Å². The Bertz CT molecular complexity index is 211. The van der Waals surface area contributed by atoms with Crippen LogP contribution in [0.3, 0.4) is 0 Å². The summed E-state index contributed by atoms with van der Waals surface area (Å²) in [7, 11) is 0. The van der Waals surface area contributed by atoms with Crippen LogP contribution in [0.2, 0.25) is 0 Å². The Morgan fingerprint density at radius 2 is 1.92 bits per heavy atom. The third-order valence-electron chi connectivity index (χ3n) is 2.16. The van der Waals surface area contributed by atoms with Crippen molar-refractivity contribution in [2.45, 2.75) is 30.6 Å². The summed E-state index contributed by atoms with van der Waals surface area (Å²) in [5.41, 5.74) is 0.141. The van der Waals surface area contributed by atoms with Gasteiger partial charge in [0.1, 0.15) is 6.17 Å². The molecule has 1 rings (SSSR count). The highest BCUT2D eigenvalue weighted by Crippen LogP contribution is 2.42. The molecule has 5 heteroatoms. The van der Waals surface area contributed by atoms with Gasteiger partial charge in [0.25, 0.3) is 0 Å². The quantitative estimate of drug-likeness (QED) is 0.331. The van der Waals surface area contributed by atoms with E-state index in [4.69, 9.17) is 11.6 Å². The van der Waals surface area contributed by atoms with E-state index < -0.39 is 30.1 Å². The largest absolute Gasteiger partial charge is 0.393 e. The molecule has 0 aromatic heterocycles. The molecule has 0 bridgehead atoms. The zero-order valence-corrected chi connectivity index (χ0v) is 7.50. The molecular weight excluding hydrogens is 208 g/mol. The standard InChI is InChI=1S/C8H9ClF4/c1-4-2-5(10)3-6(7(4)9)8(11,12)13/h5-7H,1-3H2.